The first-order chi connectivity index (χ1) is 15.2. The first-order valence-corrected chi connectivity index (χ1v) is 10.4. The van der Waals surface area contributed by atoms with Crippen molar-refractivity contribution in [2.24, 2.45) is 0 Å². The summed E-state index contributed by atoms with van der Waals surface area (Å²) in [7, 11) is 0. The van der Waals surface area contributed by atoms with Gasteiger partial charge in [-0.1, -0.05) is 30.3 Å². The molecule has 1 fully saturated rings. The van der Waals surface area contributed by atoms with Gasteiger partial charge in [-0.25, -0.2) is 4.98 Å². The second-order valence-electron chi connectivity index (χ2n) is 7.49. The number of ether oxygens (including phenoxy) is 1. The van der Waals surface area contributed by atoms with Crippen molar-refractivity contribution in [3.8, 4) is 6.07 Å². The Balaban J connectivity index is 1.37. The molecule has 7 heteroatoms. The molecule has 0 radical (unpaired) electrons. The van der Waals surface area contributed by atoms with E-state index in [4.69, 9.17) is 4.74 Å². The van der Waals surface area contributed by atoms with Crippen LogP contribution in [0.4, 0.5) is 11.4 Å². The van der Waals surface area contributed by atoms with Crippen LogP contribution in [-0.4, -0.2) is 48.6 Å². The SMILES string of the molecule is N#Cc1cc(NCc2cccc(NC(=O)CCN3CCOCC3)c2)c2ccccc2n1. The number of para-hydroxylation sites is 1. The van der Waals surface area contributed by atoms with E-state index >= 15 is 0 Å². The van der Waals surface area contributed by atoms with Gasteiger partial charge in [0.2, 0.25) is 5.91 Å². The molecule has 2 aromatic carbocycles. The minimum Gasteiger partial charge on any atom is -0.380 e. The first kappa shape index (κ1) is 20.8. The average molecular weight is 415 g/mol. The molecule has 158 valence electrons. The van der Waals surface area contributed by atoms with Crippen LogP contribution < -0.4 is 10.6 Å². The summed E-state index contributed by atoms with van der Waals surface area (Å²) >= 11 is 0. The summed E-state index contributed by atoms with van der Waals surface area (Å²) < 4.78 is 5.34. The van der Waals surface area contributed by atoms with E-state index in [0.29, 0.717) is 18.7 Å². The fraction of sp³-hybridized carbons (Fsp3) is 0.292. The number of anilines is 2. The highest BCUT2D eigenvalue weighted by Gasteiger charge is 2.12. The largest absolute Gasteiger partial charge is 0.380 e. The highest BCUT2D eigenvalue weighted by molar-refractivity contribution is 5.92. The van der Waals surface area contributed by atoms with E-state index in [2.05, 4.69) is 26.6 Å². The summed E-state index contributed by atoms with van der Waals surface area (Å²) in [6.45, 7) is 4.54. The molecule has 0 atom stereocenters. The van der Waals surface area contributed by atoms with Crippen molar-refractivity contribution in [3.05, 3.63) is 65.9 Å². The van der Waals surface area contributed by atoms with E-state index < -0.39 is 0 Å². The summed E-state index contributed by atoms with van der Waals surface area (Å²) in [6, 6.07) is 19.4. The number of hydrogen-bond donors (Lipinski definition) is 2. The number of hydrogen-bond acceptors (Lipinski definition) is 6. The molecule has 1 aliphatic rings. The van der Waals surface area contributed by atoms with Gasteiger partial charge in [0.05, 0.1) is 18.7 Å². The highest BCUT2D eigenvalue weighted by Crippen LogP contribution is 2.24. The molecule has 31 heavy (non-hydrogen) atoms. The molecule has 1 aromatic heterocycles. The van der Waals surface area contributed by atoms with Crippen LogP contribution in [0, 0.1) is 11.3 Å². The molecule has 2 heterocycles. The Bertz CT molecular complexity index is 1100. The fourth-order valence-corrected chi connectivity index (χ4v) is 3.64. The number of fused-ring (bicyclic) bond motifs is 1. The number of nitrogens with one attached hydrogen (secondary N) is 2. The van der Waals surface area contributed by atoms with Crippen LogP contribution in [0.1, 0.15) is 17.7 Å². The maximum atomic E-state index is 12.3. The topological polar surface area (TPSA) is 90.3 Å². The van der Waals surface area contributed by atoms with Gasteiger partial charge in [0, 0.05) is 49.4 Å². The summed E-state index contributed by atoms with van der Waals surface area (Å²) in [4.78, 5) is 18.9. The summed E-state index contributed by atoms with van der Waals surface area (Å²) in [5, 5.41) is 16.6. The molecular weight excluding hydrogens is 390 g/mol. The van der Waals surface area contributed by atoms with E-state index in [1.807, 2.05) is 48.5 Å². The number of morpholine rings is 1. The molecule has 0 aliphatic carbocycles. The Morgan fingerprint density at radius 2 is 1.97 bits per heavy atom. The lowest BCUT2D eigenvalue weighted by Crippen LogP contribution is -2.38. The Hall–Kier alpha value is -3.47. The Kier molecular flexibility index (Phi) is 6.72. The van der Waals surface area contributed by atoms with Crippen molar-refractivity contribution < 1.29 is 9.53 Å². The third-order valence-electron chi connectivity index (χ3n) is 5.28. The molecule has 1 saturated heterocycles. The molecule has 4 rings (SSSR count). The number of pyridine rings is 1. The van der Waals surface area contributed by atoms with Crippen molar-refractivity contribution in [1.29, 1.82) is 5.26 Å². The van der Waals surface area contributed by atoms with E-state index in [-0.39, 0.29) is 5.91 Å². The highest BCUT2D eigenvalue weighted by atomic mass is 16.5. The molecule has 3 aromatic rings. The smallest absolute Gasteiger partial charge is 0.225 e. The Morgan fingerprint density at radius 1 is 1.13 bits per heavy atom. The van der Waals surface area contributed by atoms with E-state index in [0.717, 1.165) is 60.7 Å². The normalized spacial score (nSPS) is 14.2. The molecule has 0 spiro atoms. The van der Waals surface area contributed by atoms with Crippen LogP contribution in [0.15, 0.2) is 54.6 Å². The Morgan fingerprint density at radius 3 is 2.81 bits per heavy atom. The van der Waals surface area contributed by atoms with Crippen molar-refractivity contribution >= 4 is 28.2 Å². The lowest BCUT2D eigenvalue weighted by Gasteiger charge is -2.26. The van der Waals surface area contributed by atoms with Crippen LogP contribution in [0.2, 0.25) is 0 Å². The van der Waals surface area contributed by atoms with Gasteiger partial charge in [-0.2, -0.15) is 5.26 Å². The van der Waals surface area contributed by atoms with Crippen LogP contribution >= 0.6 is 0 Å². The minimum atomic E-state index is 0.00962. The standard InChI is InChI=1S/C24H25N5O2/c25-16-20-15-23(21-6-1-2-7-22(21)27-20)26-17-18-4-3-5-19(14-18)28-24(30)8-9-29-10-12-31-13-11-29/h1-7,14-15H,8-13,17H2,(H,26,27)(H,28,30). The first-order valence-electron chi connectivity index (χ1n) is 10.4. The van der Waals surface area contributed by atoms with Gasteiger partial charge < -0.3 is 15.4 Å². The molecule has 1 amide bonds. The maximum Gasteiger partial charge on any atom is 0.225 e. The second kappa shape index (κ2) is 10.0. The molecule has 0 bridgehead atoms. The lowest BCUT2D eigenvalue weighted by atomic mass is 10.1. The van der Waals surface area contributed by atoms with Crippen LogP contribution in [0.25, 0.3) is 10.9 Å². The van der Waals surface area contributed by atoms with Gasteiger partial charge in [-0.15, -0.1) is 0 Å². The summed E-state index contributed by atoms with van der Waals surface area (Å²) in [6.07, 6.45) is 0.461. The van der Waals surface area contributed by atoms with Gasteiger partial charge >= 0.3 is 0 Å². The van der Waals surface area contributed by atoms with Gasteiger partial charge in [-0.05, 0) is 29.8 Å². The molecule has 1 aliphatic heterocycles. The number of benzene rings is 2. The fourth-order valence-electron chi connectivity index (χ4n) is 3.64. The number of nitrogens with zero attached hydrogens (tertiary/aromatic N) is 3. The van der Waals surface area contributed by atoms with Crippen LogP contribution in [0.5, 0.6) is 0 Å². The predicted octanol–water partition coefficient (Wildman–Crippen LogP) is 3.38. The molecule has 0 saturated carbocycles. The Labute approximate surface area is 181 Å². The third kappa shape index (κ3) is 5.57. The summed E-state index contributed by atoms with van der Waals surface area (Å²) in [5.74, 6) is 0.00962. The second-order valence-corrected chi connectivity index (χ2v) is 7.49. The maximum absolute atomic E-state index is 12.3. The van der Waals surface area contributed by atoms with Crippen LogP contribution in [0.3, 0.4) is 0 Å². The van der Waals surface area contributed by atoms with Gasteiger partial charge in [0.1, 0.15) is 11.8 Å². The molecule has 2 N–H and O–H groups in total. The predicted molar refractivity (Wildman–Crippen MR) is 121 cm³/mol. The average Bonchev–Trinajstić information content (AvgIpc) is 2.82. The van der Waals surface area contributed by atoms with Crippen molar-refractivity contribution in [3.63, 3.8) is 0 Å². The zero-order valence-corrected chi connectivity index (χ0v) is 17.3. The minimum absolute atomic E-state index is 0.00962. The van der Waals surface area contributed by atoms with E-state index in [1.54, 1.807) is 6.07 Å². The van der Waals surface area contributed by atoms with Gasteiger partial charge in [0.25, 0.3) is 0 Å². The molecule has 0 unspecified atom stereocenters. The third-order valence-corrected chi connectivity index (χ3v) is 5.28. The molecular formula is C24H25N5O2. The van der Waals surface area contributed by atoms with E-state index in [9.17, 15) is 10.1 Å². The van der Waals surface area contributed by atoms with Crippen molar-refractivity contribution in [2.45, 2.75) is 13.0 Å². The number of amides is 1. The number of nitriles is 1. The summed E-state index contributed by atoms with van der Waals surface area (Å²) in [5.41, 5.74) is 3.84. The number of rotatable bonds is 7. The van der Waals surface area contributed by atoms with Gasteiger partial charge in [0.15, 0.2) is 0 Å². The van der Waals surface area contributed by atoms with Crippen LogP contribution in [-0.2, 0) is 16.1 Å². The zero-order chi connectivity index (χ0) is 21.5. The van der Waals surface area contributed by atoms with E-state index in [1.165, 1.54) is 0 Å². The number of carbonyl (C=O) groups excluding carboxylic acids is 1. The van der Waals surface area contributed by atoms with Gasteiger partial charge in [-0.3, -0.25) is 9.69 Å². The quantitative estimate of drug-likeness (QED) is 0.615. The zero-order valence-electron chi connectivity index (χ0n) is 17.3. The van der Waals surface area contributed by atoms with Crippen molar-refractivity contribution in [1.82, 2.24) is 9.88 Å². The monoisotopic (exact) mass is 415 g/mol. The lowest BCUT2D eigenvalue weighted by molar-refractivity contribution is -0.116. The number of carbonyl (C=O) groups is 1. The number of aromatic nitrogens is 1. The van der Waals surface area contributed by atoms with Crippen molar-refractivity contribution in [2.75, 3.05) is 43.5 Å². The molecule has 7 nitrogen and oxygen atoms in total.